The molecule has 32 heavy (non-hydrogen) atoms. The van der Waals surface area contributed by atoms with Gasteiger partial charge in [-0.3, -0.25) is 9.59 Å². The number of phenolic OH excluding ortho intramolecular Hbond substituents is 3. The second-order valence-electron chi connectivity index (χ2n) is 8.42. The molecule has 1 aliphatic carbocycles. The van der Waals surface area contributed by atoms with Crippen LogP contribution in [0.2, 0.25) is 0 Å². The molecule has 0 heterocycles. The summed E-state index contributed by atoms with van der Waals surface area (Å²) >= 11 is 0. The number of phenols is 3. The van der Waals surface area contributed by atoms with Gasteiger partial charge in [0.1, 0.15) is 23.0 Å². The van der Waals surface area contributed by atoms with Crippen LogP contribution in [0.25, 0.3) is 28.0 Å². The fraction of sp³-hybridized carbons (Fsp3) is 0.231. The van der Waals surface area contributed by atoms with Crippen molar-refractivity contribution in [3.8, 4) is 28.4 Å². The Balaban J connectivity index is 1.98. The van der Waals surface area contributed by atoms with Crippen molar-refractivity contribution in [3.05, 3.63) is 58.2 Å². The van der Waals surface area contributed by atoms with Gasteiger partial charge in [0.15, 0.2) is 5.78 Å². The molecule has 6 heteroatoms. The van der Waals surface area contributed by atoms with Crippen molar-refractivity contribution in [1.82, 2.24) is 0 Å². The highest BCUT2D eigenvalue weighted by Crippen LogP contribution is 2.49. The fourth-order valence-electron chi connectivity index (χ4n) is 4.83. The van der Waals surface area contributed by atoms with E-state index < -0.39 is 12.0 Å². The average Bonchev–Trinajstić information content (AvgIpc) is 2.67. The highest BCUT2D eigenvalue weighted by Gasteiger charge is 2.34. The van der Waals surface area contributed by atoms with Crippen LogP contribution >= 0.6 is 0 Å². The number of rotatable bonds is 3. The molecule has 0 aliphatic heterocycles. The molecule has 2 atom stereocenters. The Morgan fingerprint density at radius 3 is 2.12 bits per heavy atom. The molecule has 3 aromatic rings. The minimum absolute atomic E-state index is 0.105. The van der Waals surface area contributed by atoms with Crippen LogP contribution < -0.4 is 0 Å². The van der Waals surface area contributed by atoms with E-state index in [1.165, 1.54) is 13.8 Å². The summed E-state index contributed by atoms with van der Waals surface area (Å²) in [6.07, 6.45) is 0.529. The summed E-state index contributed by atoms with van der Waals surface area (Å²) in [6.45, 7) is 6.20. The molecule has 0 aromatic heterocycles. The molecule has 2 unspecified atom stereocenters. The van der Waals surface area contributed by atoms with Crippen LogP contribution in [-0.4, -0.2) is 32.0 Å². The molecular formula is C26H24O6. The standard InChI is InChI=1S/C26H24O6/c1-11-9-15-5-7-17(23(29)21(15)25(31)19(11)13(3)27)18-8-6-16-10-12(2)20(14(4)28)26(32)22(16)24(18)30/h5-10,19,25,29-32H,1-4H3. The Kier molecular flexibility index (Phi) is 5.06. The zero-order chi connectivity index (χ0) is 23.5. The first kappa shape index (κ1) is 21.6. The minimum Gasteiger partial charge on any atom is -0.507 e. The Morgan fingerprint density at radius 1 is 0.875 bits per heavy atom. The molecule has 0 saturated carbocycles. The van der Waals surface area contributed by atoms with Crippen LogP contribution in [0.15, 0.2) is 35.9 Å². The summed E-state index contributed by atoms with van der Waals surface area (Å²) in [7, 11) is 0. The normalized spacial score (nSPS) is 17.7. The van der Waals surface area contributed by atoms with Crippen LogP contribution in [0.4, 0.5) is 0 Å². The van der Waals surface area contributed by atoms with Crippen LogP contribution in [-0.2, 0) is 4.79 Å². The molecule has 0 radical (unpaired) electrons. The molecule has 0 spiro atoms. The fourth-order valence-corrected chi connectivity index (χ4v) is 4.83. The van der Waals surface area contributed by atoms with Gasteiger partial charge in [0.05, 0.1) is 23.0 Å². The largest absolute Gasteiger partial charge is 0.507 e. The van der Waals surface area contributed by atoms with E-state index in [0.29, 0.717) is 22.1 Å². The third-order valence-corrected chi connectivity index (χ3v) is 6.27. The first-order valence-corrected chi connectivity index (χ1v) is 10.3. The first-order chi connectivity index (χ1) is 15.0. The molecule has 0 amide bonds. The number of hydrogen-bond donors (Lipinski definition) is 4. The van der Waals surface area contributed by atoms with Gasteiger partial charge in [0.2, 0.25) is 0 Å². The number of aryl methyl sites for hydroxylation is 1. The summed E-state index contributed by atoms with van der Waals surface area (Å²) in [4.78, 5) is 24.1. The van der Waals surface area contributed by atoms with Gasteiger partial charge in [-0.15, -0.1) is 0 Å². The van der Waals surface area contributed by atoms with E-state index in [4.69, 9.17) is 0 Å². The smallest absolute Gasteiger partial charge is 0.163 e. The number of Topliss-reactive ketones (excluding diaryl/α,β-unsaturated/α-hetero) is 2. The quantitative estimate of drug-likeness (QED) is 0.443. The number of aliphatic hydroxyl groups excluding tert-OH is 1. The maximum Gasteiger partial charge on any atom is 0.163 e. The summed E-state index contributed by atoms with van der Waals surface area (Å²) in [5.41, 5.74) is 2.69. The zero-order valence-electron chi connectivity index (χ0n) is 18.2. The summed E-state index contributed by atoms with van der Waals surface area (Å²) in [6, 6.07) is 8.30. The Hall–Kier alpha value is -3.64. The van der Waals surface area contributed by atoms with Gasteiger partial charge < -0.3 is 20.4 Å². The van der Waals surface area contributed by atoms with Gasteiger partial charge in [-0.25, -0.2) is 0 Å². The van der Waals surface area contributed by atoms with E-state index in [-0.39, 0.29) is 56.5 Å². The number of carbonyl (C=O) groups is 2. The predicted octanol–water partition coefficient (Wildman–Crippen LogP) is 4.79. The first-order valence-electron chi connectivity index (χ1n) is 10.3. The van der Waals surface area contributed by atoms with Crippen LogP contribution in [0.3, 0.4) is 0 Å². The second-order valence-corrected chi connectivity index (χ2v) is 8.42. The van der Waals surface area contributed by atoms with Gasteiger partial charge in [-0.2, -0.15) is 0 Å². The van der Waals surface area contributed by atoms with Gasteiger partial charge >= 0.3 is 0 Å². The summed E-state index contributed by atoms with van der Waals surface area (Å²) in [5, 5.41) is 44.4. The molecule has 0 fully saturated rings. The van der Waals surface area contributed by atoms with E-state index in [1.54, 1.807) is 50.3 Å². The lowest BCUT2D eigenvalue weighted by Gasteiger charge is -2.29. The van der Waals surface area contributed by atoms with Gasteiger partial charge in [0.25, 0.3) is 0 Å². The van der Waals surface area contributed by atoms with E-state index in [9.17, 15) is 30.0 Å². The van der Waals surface area contributed by atoms with Crippen molar-refractivity contribution in [3.63, 3.8) is 0 Å². The number of benzene rings is 3. The lowest BCUT2D eigenvalue weighted by molar-refractivity contribution is -0.122. The monoisotopic (exact) mass is 432 g/mol. The molecule has 3 aromatic carbocycles. The molecule has 1 aliphatic rings. The molecule has 164 valence electrons. The van der Waals surface area contributed by atoms with Crippen molar-refractivity contribution < 1.29 is 30.0 Å². The topological polar surface area (TPSA) is 115 Å². The van der Waals surface area contributed by atoms with Crippen molar-refractivity contribution in [2.45, 2.75) is 33.8 Å². The predicted molar refractivity (Wildman–Crippen MR) is 122 cm³/mol. The summed E-state index contributed by atoms with van der Waals surface area (Å²) in [5.74, 6) is -2.18. The van der Waals surface area contributed by atoms with Crippen molar-refractivity contribution in [2.24, 2.45) is 5.92 Å². The van der Waals surface area contributed by atoms with Crippen molar-refractivity contribution in [1.29, 1.82) is 0 Å². The minimum atomic E-state index is -1.23. The number of aromatic hydroxyl groups is 3. The maximum atomic E-state index is 12.1. The Morgan fingerprint density at radius 2 is 1.50 bits per heavy atom. The molecule has 0 saturated heterocycles. The number of hydrogen-bond acceptors (Lipinski definition) is 6. The third-order valence-electron chi connectivity index (χ3n) is 6.27. The van der Waals surface area contributed by atoms with Gasteiger partial charge in [-0.05, 0) is 56.3 Å². The molecule has 0 bridgehead atoms. The molecular weight excluding hydrogens is 408 g/mol. The van der Waals surface area contributed by atoms with E-state index in [2.05, 4.69) is 0 Å². The molecule has 4 N–H and O–H groups in total. The Labute approximate surface area is 185 Å². The second kappa shape index (κ2) is 7.50. The lowest BCUT2D eigenvalue weighted by atomic mass is 9.78. The number of fused-ring (bicyclic) bond motifs is 2. The third kappa shape index (κ3) is 3.07. The van der Waals surface area contributed by atoms with E-state index >= 15 is 0 Å². The van der Waals surface area contributed by atoms with Crippen molar-refractivity contribution >= 4 is 28.4 Å². The van der Waals surface area contributed by atoms with Crippen LogP contribution in [0, 0.1) is 12.8 Å². The molecule has 6 nitrogen and oxygen atoms in total. The number of carbonyl (C=O) groups excluding carboxylic acids is 2. The van der Waals surface area contributed by atoms with Crippen LogP contribution in [0.1, 0.15) is 53.9 Å². The van der Waals surface area contributed by atoms with E-state index in [0.717, 1.165) is 0 Å². The van der Waals surface area contributed by atoms with Gasteiger partial charge in [0, 0.05) is 16.7 Å². The highest BCUT2D eigenvalue weighted by molar-refractivity contribution is 6.08. The molecule has 4 rings (SSSR count). The Bertz CT molecular complexity index is 1350. The SMILES string of the molecule is CC(=O)c1c(C)cc2ccc(-c3ccc4c(c3O)C(O)C(C(C)=O)C(C)=C4)c(O)c2c1O. The highest BCUT2D eigenvalue weighted by atomic mass is 16.3. The van der Waals surface area contributed by atoms with Crippen molar-refractivity contribution in [2.75, 3.05) is 0 Å². The summed E-state index contributed by atoms with van der Waals surface area (Å²) < 4.78 is 0. The van der Waals surface area contributed by atoms with Crippen LogP contribution in [0.5, 0.6) is 17.2 Å². The zero-order valence-corrected chi connectivity index (χ0v) is 18.2. The maximum absolute atomic E-state index is 12.1. The average molecular weight is 432 g/mol. The van der Waals surface area contributed by atoms with Gasteiger partial charge in [-0.1, -0.05) is 29.8 Å². The number of ketones is 2. The number of aliphatic hydroxyl groups is 1. The van der Waals surface area contributed by atoms with E-state index in [1.807, 2.05) is 0 Å². The lowest BCUT2D eigenvalue weighted by Crippen LogP contribution is -2.24.